The number of hydrogen-bond acceptors (Lipinski definition) is 3. The van der Waals surface area contributed by atoms with E-state index in [0.717, 1.165) is 15.2 Å². The summed E-state index contributed by atoms with van der Waals surface area (Å²) >= 11 is 1.64. The Labute approximate surface area is 131 Å². The number of hydrogen-bond donors (Lipinski definition) is 0. The van der Waals surface area contributed by atoms with E-state index in [0.29, 0.717) is 11.5 Å². The second-order valence-electron chi connectivity index (χ2n) is 5.23. The summed E-state index contributed by atoms with van der Waals surface area (Å²) in [5.74, 6) is 1.14. The van der Waals surface area contributed by atoms with Gasteiger partial charge in [0.1, 0.15) is 5.01 Å². The molecule has 1 heterocycles. The first-order chi connectivity index (χ1) is 10.1. The number of aromatic nitrogens is 1. The zero-order chi connectivity index (χ0) is 14.8. The summed E-state index contributed by atoms with van der Waals surface area (Å²) in [6.45, 7) is 4.14. The van der Waals surface area contributed by atoms with Gasteiger partial charge in [0.2, 0.25) is 0 Å². The molecule has 0 radical (unpaired) electrons. The number of thiazole rings is 1. The first-order valence-corrected chi connectivity index (χ1v) is 9.18. The molecule has 3 aromatic rings. The van der Waals surface area contributed by atoms with Gasteiger partial charge in [-0.3, -0.25) is 4.21 Å². The lowest BCUT2D eigenvalue weighted by molar-refractivity contribution is 0.682. The highest BCUT2D eigenvalue weighted by molar-refractivity contribution is 7.83. The first-order valence-electron chi connectivity index (χ1n) is 6.87. The Bertz CT molecular complexity index is 774. The highest BCUT2D eigenvalue weighted by Gasteiger charge is 2.10. The standard InChI is InChI=1S/C17H17NOS2/c1-12-7-8-13(2)14(9-12)10-21(19)11-17-18-15-5-3-4-6-16(15)20-17/h3-9H,10-11H2,1-2H3/t21-/m1/s1. The summed E-state index contributed by atoms with van der Waals surface area (Å²) in [4.78, 5) is 4.56. The molecule has 0 N–H and O–H groups in total. The SMILES string of the molecule is Cc1ccc(C)c(C[S@@](=O)Cc2nc3ccccc3s2)c1. The number of aryl methyl sites for hydroxylation is 2. The smallest absolute Gasteiger partial charge is 0.106 e. The summed E-state index contributed by atoms with van der Waals surface area (Å²) in [7, 11) is -0.919. The molecule has 0 spiro atoms. The number of para-hydroxylation sites is 1. The summed E-state index contributed by atoms with van der Waals surface area (Å²) in [6.07, 6.45) is 0. The Balaban J connectivity index is 1.75. The van der Waals surface area contributed by atoms with Gasteiger partial charge < -0.3 is 0 Å². The van der Waals surface area contributed by atoms with Gasteiger partial charge in [-0.1, -0.05) is 35.9 Å². The van der Waals surface area contributed by atoms with E-state index >= 15 is 0 Å². The lowest BCUT2D eigenvalue weighted by Gasteiger charge is -2.06. The molecule has 3 rings (SSSR count). The second kappa shape index (κ2) is 6.08. The van der Waals surface area contributed by atoms with Gasteiger partial charge in [0.05, 0.1) is 16.0 Å². The molecular formula is C17H17NOS2. The molecule has 0 aliphatic carbocycles. The molecule has 0 unspecified atom stereocenters. The van der Waals surface area contributed by atoms with Crippen molar-refractivity contribution >= 4 is 32.4 Å². The van der Waals surface area contributed by atoms with Gasteiger partial charge in [0.25, 0.3) is 0 Å². The topological polar surface area (TPSA) is 30.0 Å². The molecule has 2 aromatic carbocycles. The highest BCUT2D eigenvalue weighted by Crippen LogP contribution is 2.23. The predicted molar refractivity (Wildman–Crippen MR) is 91.1 cm³/mol. The average molecular weight is 315 g/mol. The maximum absolute atomic E-state index is 12.4. The van der Waals surface area contributed by atoms with Crippen LogP contribution in [0.4, 0.5) is 0 Å². The van der Waals surface area contributed by atoms with E-state index in [4.69, 9.17) is 0 Å². The van der Waals surface area contributed by atoms with Crippen LogP contribution in [0.25, 0.3) is 10.2 Å². The van der Waals surface area contributed by atoms with Crippen molar-refractivity contribution < 1.29 is 4.21 Å². The van der Waals surface area contributed by atoms with Crippen LogP contribution in [0, 0.1) is 13.8 Å². The molecule has 0 aliphatic rings. The van der Waals surface area contributed by atoms with E-state index < -0.39 is 10.8 Å². The molecular weight excluding hydrogens is 298 g/mol. The molecule has 0 amide bonds. The first kappa shape index (κ1) is 14.4. The van der Waals surface area contributed by atoms with Crippen LogP contribution in [0.2, 0.25) is 0 Å². The van der Waals surface area contributed by atoms with Crippen molar-refractivity contribution in [2.45, 2.75) is 25.4 Å². The highest BCUT2D eigenvalue weighted by atomic mass is 32.2. The number of nitrogens with zero attached hydrogens (tertiary/aromatic N) is 1. The van der Waals surface area contributed by atoms with Gasteiger partial charge >= 0.3 is 0 Å². The van der Waals surface area contributed by atoms with Gasteiger partial charge in [-0.15, -0.1) is 11.3 Å². The van der Waals surface area contributed by atoms with E-state index in [-0.39, 0.29) is 0 Å². The van der Waals surface area contributed by atoms with Crippen LogP contribution in [0.15, 0.2) is 42.5 Å². The number of fused-ring (bicyclic) bond motifs is 1. The third-order valence-electron chi connectivity index (χ3n) is 3.44. The van der Waals surface area contributed by atoms with Crippen molar-refractivity contribution in [3.63, 3.8) is 0 Å². The molecule has 0 fully saturated rings. The van der Waals surface area contributed by atoms with Gasteiger partial charge in [-0.2, -0.15) is 0 Å². The lowest BCUT2D eigenvalue weighted by Crippen LogP contribution is -2.01. The fourth-order valence-corrected chi connectivity index (χ4v) is 4.79. The number of rotatable bonds is 4. The van der Waals surface area contributed by atoms with Crippen LogP contribution < -0.4 is 0 Å². The largest absolute Gasteiger partial charge is 0.259 e. The molecule has 2 nitrogen and oxygen atoms in total. The lowest BCUT2D eigenvalue weighted by atomic mass is 10.1. The molecule has 0 aliphatic heterocycles. The summed E-state index contributed by atoms with van der Waals surface area (Å²) in [5, 5.41) is 0.958. The fraction of sp³-hybridized carbons (Fsp3) is 0.235. The Morgan fingerprint density at radius 3 is 2.71 bits per heavy atom. The van der Waals surface area contributed by atoms with Crippen molar-refractivity contribution in [1.29, 1.82) is 0 Å². The van der Waals surface area contributed by atoms with Crippen molar-refractivity contribution in [3.05, 3.63) is 64.2 Å². The third-order valence-corrected chi connectivity index (χ3v) is 5.89. The zero-order valence-corrected chi connectivity index (χ0v) is 13.8. The Kier molecular flexibility index (Phi) is 4.17. The van der Waals surface area contributed by atoms with Crippen molar-refractivity contribution in [3.8, 4) is 0 Å². The zero-order valence-electron chi connectivity index (χ0n) is 12.1. The molecule has 0 saturated carbocycles. The predicted octanol–water partition coefficient (Wildman–Crippen LogP) is 4.36. The average Bonchev–Trinajstić information content (AvgIpc) is 2.84. The fourth-order valence-electron chi connectivity index (χ4n) is 2.30. The van der Waals surface area contributed by atoms with E-state index in [1.165, 1.54) is 16.7 Å². The summed E-state index contributed by atoms with van der Waals surface area (Å²) in [5.41, 5.74) is 4.60. The molecule has 21 heavy (non-hydrogen) atoms. The molecule has 1 atom stereocenters. The minimum absolute atomic E-state index is 0.534. The monoisotopic (exact) mass is 315 g/mol. The van der Waals surface area contributed by atoms with Gasteiger partial charge in [0, 0.05) is 16.6 Å². The van der Waals surface area contributed by atoms with E-state index in [1.807, 2.05) is 18.2 Å². The van der Waals surface area contributed by atoms with Crippen LogP contribution in [-0.4, -0.2) is 9.19 Å². The van der Waals surface area contributed by atoms with Crippen LogP contribution in [0.3, 0.4) is 0 Å². The van der Waals surface area contributed by atoms with Gasteiger partial charge in [-0.25, -0.2) is 4.98 Å². The maximum atomic E-state index is 12.4. The van der Waals surface area contributed by atoms with E-state index in [2.05, 4.69) is 43.1 Å². The molecule has 4 heteroatoms. The van der Waals surface area contributed by atoms with Crippen LogP contribution in [-0.2, 0) is 22.3 Å². The molecule has 1 aromatic heterocycles. The normalized spacial score (nSPS) is 12.7. The van der Waals surface area contributed by atoms with Gasteiger partial charge in [-0.05, 0) is 37.1 Å². The second-order valence-corrected chi connectivity index (χ2v) is 7.81. The Morgan fingerprint density at radius 2 is 1.90 bits per heavy atom. The molecule has 0 saturated heterocycles. The van der Waals surface area contributed by atoms with Crippen LogP contribution >= 0.6 is 11.3 Å². The quantitative estimate of drug-likeness (QED) is 0.716. The van der Waals surface area contributed by atoms with Crippen molar-refractivity contribution in [2.75, 3.05) is 0 Å². The summed E-state index contributed by atoms with van der Waals surface area (Å²) < 4.78 is 13.6. The minimum Gasteiger partial charge on any atom is -0.259 e. The van der Waals surface area contributed by atoms with Crippen molar-refractivity contribution in [1.82, 2.24) is 4.98 Å². The van der Waals surface area contributed by atoms with Gasteiger partial charge in [0.15, 0.2) is 0 Å². The third kappa shape index (κ3) is 3.39. The van der Waals surface area contributed by atoms with E-state index in [1.54, 1.807) is 11.3 Å². The van der Waals surface area contributed by atoms with Crippen LogP contribution in [0.1, 0.15) is 21.7 Å². The Morgan fingerprint density at radius 1 is 1.10 bits per heavy atom. The maximum Gasteiger partial charge on any atom is 0.106 e. The minimum atomic E-state index is -0.919. The summed E-state index contributed by atoms with van der Waals surface area (Å²) in [6, 6.07) is 14.4. The van der Waals surface area contributed by atoms with Crippen LogP contribution in [0.5, 0.6) is 0 Å². The molecule has 0 bridgehead atoms. The van der Waals surface area contributed by atoms with E-state index in [9.17, 15) is 4.21 Å². The number of benzene rings is 2. The molecule has 108 valence electrons. The Hall–Kier alpha value is -1.52. The van der Waals surface area contributed by atoms with Crippen molar-refractivity contribution in [2.24, 2.45) is 0 Å².